The third-order valence-electron chi connectivity index (χ3n) is 6.64. The first-order valence-corrected chi connectivity index (χ1v) is 13.3. The average molecular weight is 525 g/mol. The Morgan fingerprint density at radius 3 is 2.51 bits per heavy atom. The number of nitrogens with zero attached hydrogens (tertiary/aromatic N) is 4. The quantitative estimate of drug-likeness (QED) is 0.521. The van der Waals surface area contributed by atoms with Crippen LogP contribution in [0.5, 0.6) is 5.75 Å². The lowest BCUT2D eigenvalue weighted by molar-refractivity contribution is 0.100. The lowest BCUT2D eigenvalue weighted by atomic mass is 10.1. The van der Waals surface area contributed by atoms with E-state index in [0.717, 1.165) is 17.0 Å². The van der Waals surface area contributed by atoms with Crippen molar-refractivity contribution in [1.29, 1.82) is 0 Å². The zero-order valence-corrected chi connectivity index (χ0v) is 21.4. The van der Waals surface area contributed by atoms with E-state index in [-0.39, 0.29) is 48.2 Å². The molecule has 2 aromatic carbocycles. The Kier molecular flexibility index (Phi) is 6.38. The number of fused-ring (bicyclic) bond motifs is 2. The number of primary amides is 1. The van der Waals surface area contributed by atoms with Crippen molar-refractivity contribution >= 4 is 44.2 Å². The van der Waals surface area contributed by atoms with Crippen molar-refractivity contribution in [2.45, 2.75) is 11.3 Å². The number of nitrogens with two attached hydrogens (primary N) is 1. The lowest BCUT2D eigenvalue weighted by Gasteiger charge is -2.35. The van der Waals surface area contributed by atoms with Crippen LogP contribution >= 0.6 is 0 Å². The van der Waals surface area contributed by atoms with E-state index in [1.165, 1.54) is 21.5 Å². The van der Waals surface area contributed by atoms with Crippen molar-refractivity contribution in [1.82, 2.24) is 19.1 Å². The molecule has 0 bridgehead atoms. The minimum Gasteiger partial charge on any atom is -0.493 e. The Morgan fingerprint density at radius 1 is 1.08 bits per heavy atom. The van der Waals surface area contributed by atoms with Crippen LogP contribution in [0.2, 0.25) is 0 Å². The fourth-order valence-electron chi connectivity index (χ4n) is 4.74. The highest BCUT2D eigenvalue weighted by molar-refractivity contribution is 7.89. The van der Waals surface area contributed by atoms with Crippen LogP contribution < -0.4 is 15.8 Å². The molecule has 11 nitrogen and oxygen atoms in total. The Bertz CT molecular complexity index is 1500. The molecule has 0 atom stereocenters. The van der Waals surface area contributed by atoms with E-state index in [2.05, 4.69) is 10.3 Å². The summed E-state index contributed by atoms with van der Waals surface area (Å²) in [5.74, 6) is 0.0785. The number of sulfonamides is 1. The van der Waals surface area contributed by atoms with Gasteiger partial charge in [0.05, 0.1) is 23.4 Å². The Balaban J connectivity index is 1.54. The third kappa shape index (κ3) is 4.42. The molecule has 12 heteroatoms. The van der Waals surface area contributed by atoms with Crippen molar-refractivity contribution in [3.05, 3.63) is 53.7 Å². The van der Waals surface area contributed by atoms with E-state index in [1.54, 1.807) is 31.1 Å². The molecule has 1 saturated heterocycles. The predicted molar refractivity (Wildman–Crippen MR) is 139 cm³/mol. The Hall–Kier alpha value is -3.90. The van der Waals surface area contributed by atoms with Crippen molar-refractivity contribution in [3.8, 4) is 5.75 Å². The average Bonchev–Trinajstić information content (AvgIpc) is 3.38. The van der Waals surface area contributed by atoms with Crippen LogP contribution in [0.3, 0.4) is 0 Å². The first-order chi connectivity index (χ1) is 17.7. The number of urea groups is 1. The fourth-order valence-corrected chi connectivity index (χ4v) is 6.32. The minimum absolute atomic E-state index is 0.0260. The van der Waals surface area contributed by atoms with Gasteiger partial charge in [0, 0.05) is 69.5 Å². The first-order valence-electron chi connectivity index (χ1n) is 11.9. The van der Waals surface area contributed by atoms with Gasteiger partial charge < -0.3 is 25.6 Å². The van der Waals surface area contributed by atoms with Gasteiger partial charge in [0.1, 0.15) is 10.6 Å². The minimum atomic E-state index is -3.93. The number of aromatic nitrogens is 1. The number of pyridine rings is 1. The molecule has 0 aliphatic carbocycles. The van der Waals surface area contributed by atoms with Gasteiger partial charge in [-0.2, -0.15) is 4.31 Å². The summed E-state index contributed by atoms with van der Waals surface area (Å²) in [5, 5.41) is 3.76. The van der Waals surface area contributed by atoms with Gasteiger partial charge in [0.25, 0.3) is 5.91 Å². The molecule has 0 spiro atoms. The standard InChI is InChI=1S/C25H28N6O5S/c1-29(2)25(33)30-10-12-31(13-11-30)37(34,35)21-8-3-5-17-22(18(24(26)32)15-27-23(17)21)28-19-6-4-7-20-16(19)9-14-36-20/h3-8,15H,9-14H2,1-2H3,(H2,26,32)(H,27,28). The number of nitrogens with one attached hydrogen (secondary N) is 1. The van der Waals surface area contributed by atoms with Gasteiger partial charge in [-0.1, -0.05) is 18.2 Å². The molecule has 0 unspecified atom stereocenters. The number of carbonyl (C=O) groups excluding carboxylic acids is 2. The van der Waals surface area contributed by atoms with E-state index < -0.39 is 15.9 Å². The largest absolute Gasteiger partial charge is 0.493 e. The molecular weight excluding hydrogens is 496 g/mol. The van der Waals surface area contributed by atoms with Crippen LogP contribution in [0.4, 0.5) is 16.2 Å². The van der Waals surface area contributed by atoms with Gasteiger partial charge in [-0.15, -0.1) is 0 Å². The van der Waals surface area contributed by atoms with Crippen LogP contribution in [0.25, 0.3) is 10.9 Å². The van der Waals surface area contributed by atoms with Crippen LogP contribution in [-0.4, -0.2) is 86.3 Å². The number of rotatable bonds is 5. The SMILES string of the molecule is CN(C)C(=O)N1CCN(S(=O)(=O)c2cccc3c(Nc4cccc5c4CCO5)c(C(N)=O)cnc23)CC1. The molecule has 1 fully saturated rings. The molecule has 1 aromatic heterocycles. The maximum absolute atomic E-state index is 13.7. The number of carbonyl (C=O) groups is 2. The fraction of sp³-hybridized carbons (Fsp3) is 0.320. The van der Waals surface area contributed by atoms with E-state index >= 15 is 0 Å². The molecule has 194 valence electrons. The second-order valence-electron chi connectivity index (χ2n) is 9.14. The zero-order chi connectivity index (χ0) is 26.3. The van der Waals surface area contributed by atoms with Gasteiger partial charge >= 0.3 is 6.03 Å². The molecule has 3 aromatic rings. The molecule has 3 amide bonds. The first kappa shape index (κ1) is 24.8. The second kappa shape index (κ2) is 9.52. The highest BCUT2D eigenvalue weighted by Crippen LogP contribution is 2.37. The normalized spacial score (nSPS) is 15.8. The molecule has 2 aliphatic rings. The van der Waals surface area contributed by atoms with E-state index in [4.69, 9.17) is 10.5 Å². The van der Waals surface area contributed by atoms with E-state index in [1.807, 2.05) is 18.2 Å². The second-order valence-corrected chi connectivity index (χ2v) is 11.0. The molecule has 2 aliphatic heterocycles. The van der Waals surface area contributed by atoms with Gasteiger partial charge in [0.15, 0.2) is 0 Å². The number of hydrogen-bond acceptors (Lipinski definition) is 7. The predicted octanol–water partition coefficient (Wildman–Crippen LogP) is 2.00. The van der Waals surface area contributed by atoms with Crippen LogP contribution in [-0.2, 0) is 16.4 Å². The summed E-state index contributed by atoms with van der Waals surface area (Å²) in [6, 6.07) is 10.3. The van der Waals surface area contributed by atoms with Crippen LogP contribution in [0.1, 0.15) is 15.9 Å². The van der Waals surface area contributed by atoms with Crippen molar-refractivity contribution in [2.75, 3.05) is 52.2 Å². The van der Waals surface area contributed by atoms with Crippen molar-refractivity contribution < 1.29 is 22.7 Å². The summed E-state index contributed by atoms with van der Waals surface area (Å²) < 4.78 is 34.4. The molecule has 0 saturated carbocycles. The topological polar surface area (TPSA) is 138 Å². The molecule has 37 heavy (non-hydrogen) atoms. The van der Waals surface area contributed by atoms with Crippen molar-refractivity contribution in [2.24, 2.45) is 5.73 Å². The van der Waals surface area contributed by atoms with E-state index in [9.17, 15) is 18.0 Å². The lowest BCUT2D eigenvalue weighted by Crippen LogP contribution is -2.52. The number of para-hydroxylation sites is 1. The molecule has 0 radical (unpaired) electrons. The summed E-state index contributed by atoms with van der Waals surface area (Å²) in [6.45, 7) is 1.46. The Labute approximate surface area is 214 Å². The van der Waals surface area contributed by atoms with Crippen molar-refractivity contribution in [3.63, 3.8) is 0 Å². The summed E-state index contributed by atoms with van der Waals surface area (Å²) in [5.41, 5.74) is 8.15. The molecular formula is C25H28N6O5S. The number of hydrogen-bond donors (Lipinski definition) is 2. The molecule has 3 heterocycles. The van der Waals surface area contributed by atoms with Gasteiger partial charge in [0.2, 0.25) is 10.0 Å². The summed E-state index contributed by atoms with van der Waals surface area (Å²) in [7, 11) is -0.610. The summed E-state index contributed by atoms with van der Waals surface area (Å²) in [6.07, 6.45) is 2.01. The molecule has 5 rings (SSSR count). The third-order valence-corrected chi connectivity index (χ3v) is 8.57. The summed E-state index contributed by atoms with van der Waals surface area (Å²) >= 11 is 0. The number of benzene rings is 2. The van der Waals surface area contributed by atoms with Gasteiger partial charge in [-0.05, 0) is 18.2 Å². The number of amides is 3. The smallest absolute Gasteiger partial charge is 0.319 e. The van der Waals surface area contributed by atoms with Crippen LogP contribution in [0, 0.1) is 0 Å². The van der Waals surface area contributed by atoms with E-state index in [0.29, 0.717) is 24.1 Å². The van der Waals surface area contributed by atoms with Gasteiger partial charge in [-0.25, -0.2) is 13.2 Å². The zero-order valence-electron chi connectivity index (χ0n) is 20.6. The maximum Gasteiger partial charge on any atom is 0.319 e. The summed E-state index contributed by atoms with van der Waals surface area (Å²) in [4.78, 5) is 32.1. The highest BCUT2D eigenvalue weighted by atomic mass is 32.2. The maximum atomic E-state index is 13.7. The Morgan fingerprint density at radius 2 is 1.81 bits per heavy atom. The van der Waals surface area contributed by atoms with Gasteiger partial charge in [-0.3, -0.25) is 9.78 Å². The number of ether oxygens (including phenoxy) is 1. The molecule has 3 N–H and O–H groups in total. The monoisotopic (exact) mass is 524 g/mol. The van der Waals surface area contributed by atoms with Crippen LogP contribution in [0.15, 0.2) is 47.5 Å². The number of piperazine rings is 1. The number of anilines is 2. The highest BCUT2D eigenvalue weighted by Gasteiger charge is 2.32.